The molecule has 2 rings (SSSR count). The zero-order valence-corrected chi connectivity index (χ0v) is 11.8. The van der Waals surface area contributed by atoms with Gasteiger partial charge < -0.3 is 15.4 Å². The fraction of sp³-hybridized carbons (Fsp3) is 0.214. The van der Waals surface area contributed by atoms with Crippen LogP contribution in [-0.4, -0.2) is 24.1 Å². The third-order valence-corrected chi connectivity index (χ3v) is 2.92. The fourth-order valence-electron chi connectivity index (χ4n) is 1.80. The van der Waals surface area contributed by atoms with Crippen LogP contribution >= 0.6 is 0 Å². The highest BCUT2D eigenvalue weighted by Gasteiger charge is 2.09. The molecule has 0 saturated carbocycles. The molecule has 0 spiro atoms. The first-order valence-electron chi connectivity index (χ1n) is 6.32. The van der Waals surface area contributed by atoms with Crippen LogP contribution in [0.3, 0.4) is 0 Å². The van der Waals surface area contributed by atoms with E-state index in [0.29, 0.717) is 23.8 Å². The number of nitrogens with one attached hydrogen (secondary N) is 2. The van der Waals surface area contributed by atoms with Crippen molar-refractivity contribution in [2.75, 3.05) is 24.8 Å². The number of rotatable bonds is 6. The minimum Gasteiger partial charge on any atom is -0.481 e. The lowest BCUT2D eigenvalue weighted by Crippen LogP contribution is -2.02. The van der Waals surface area contributed by atoms with Crippen molar-refractivity contribution in [1.82, 2.24) is 4.98 Å². The molecule has 0 atom stereocenters. The molecule has 0 unspecified atom stereocenters. The van der Waals surface area contributed by atoms with Crippen LogP contribution < -0.4 is 15.4 Å². The summed E-state index contributed by atoms with van der Waals surface area (Å²) in [5.74, 6) is 0.548. The van der Waals surface area contributed by atoms with E-state index in [1.807, 2.05) is 12.1 Å². The van der Waals surface area contributed by atoms with Crippen molar-refractivity contribution >= 4 is 17.1 Å². The van der Waals surface area contributed by atoms with Crippen LogP contribution in [-0.2, 0) is 6.54 Å². The molecule has 0 bridgehead atoms. The molecule has 1 aromatic carbocycles. The van der Waals surface area contributed by atoms with Gasteiger partial charge in [0.25, 0.3) is 5.69 Å². The second-order valence-electron chi connectivity index (χ2n) is 4.34. The summed E-state index contributed by atoms with van der Waals surface area (Å²) >= 11 is 0. The van der Waals surface area contributed by atoms with Gasteiger partial charge >= 0.3 is 0 Å². The van der Waals surface area contributed by atoms with Crippen LogP contribution in [0.5, 0.6) is 5.88 Å². The maximum absolute atomic E-state index is 10.9. The van der Waals surface area contributed by atoms with Crippen LogP contribution in [0.25, 0.3) is 0 Å². The van der Waals surface area contributed by atoms with E-state index in [4.69, 9.17) is 4.74 Å². The molecule has 21 heavy (non-hydrogen) atoms. The first kappa shape index (κ1) is 14.6. The van der Waals surface area contributed by atoms with Crippen molar-refractivity contribution in [1.29, 1.82) is 0 Å². The first-order chi connectivity index (χ1) is 10.1. The Morgan fingerprint density at radius 3 is 2.62 bits per heavy atom. The summed E-state index contributed by atoms with van der Waals surface area (Å²) in [7, 11) is 3.28. The van der Waals surface area contributed by atoms with Gasteiger partial charge in [0.15, 0.2) is 0 Å². The highest BCUT2D eigenvalue weighted by molar-refractivity contribution is 5.63. The summed E-state index contributed by atoms with van der Waals surface area (Å²) in [4.78, 5) is 14.6. The van der Waals surface area contributed by atoms with Crippen molar-refractivity contribution in [3.63, 3.8) is 0 Å². The Labute approximate surface area is 122 Å². The standard InChI is InChI=1S/C14H16N4O3/c1-15-11-5-12(7-13(6-11)18(19)20)16-8-10-3-4-14(21-2)17-9-10/h3-7,9,15-16H,8H2,1-2H3. The molecule has 0 radical (unpaired) electrons. The minimum atomic E-state index is -0.416. The molecule has 0 aliphatic carbocycles. The molecule has 110 valence electrons. The van der Waals surface area contributed by atoms with Crippen molar-refractivity contribution < 1.29 is 9.66 Å². The first-order valence-corrected chi connectivity index (χ1v) is 6.32. The average molecular weight is 288 g/mol. The number of non-ortho nitro benzene ring substituents is 1. The van der Waals surface area contributed by atoms with Gasteiger partial charge in [0, 0.05) is 49.4 Å². The van der Waals surface area contributed by atoms with E-state index in [1.165, 1.54) is 12.1 Å². The molecule has 0 aliphatic heterocycles. The van der Waals surface area contributed by atoms with Crippen molar-refractivity contribution in [2.24, 2.45) is 0 Å². The summed E-state index contributed by atoms with van der Waals surface area (Å²) in [5, 5.41) is 16.9. The van der Waals surface area contributed by atoms with Crippen LogP contribution in [0, 0.1) is 10.1 Å². The Morgan fingerprint density at radius 1 is 1.29 bits per heavy atom. The highest BCUT2D eigenvalue weighted by atomic mass is 16.6. The van der Waals surface area contributed by atoms with Gasteiger partial charge in [-0.2, -0.15) is 0 Å². The molecular formula is C14H16N4O3. The number of nitro benzene ring substituents is 1. The van der Waals surface area contributed by atoms with Crippen LogP contribution in [0.15, 0.2) is 36.5 Å². The van der Waals surface area contributed by atoms with Crippen molar-refractivity contribution in [2.45, 2.75) is 6.54 Å². The predicted octanol–water partition coefficient (Wildman–Crippen LogP) is 2.65. The molecular weight excluding hydrogens is 272 g/mol. The molecule has 1 aromatic heterocycles. The number of methoxy groups -OCH3 is 1. The van der Waals surface area contributed by atoms with Gasteiger partial charge in [0.05, 0.1) is 12.0 Å². The number of hydrogen-bond acceptors (Lipinski definition) is 6. The second kappa shape index (κ2) is 6.56. The topological polar surface area (TPSA) is 89.3 Å². The molecule has 7 nitrogen and oxygen atoms in total. The molecule has 2 aromatic rings. The van der Waals surface area contributed by atoms with Gasteiger partial charge in [0.1, 0.15) is 0 Å². The molecule has 2 N–H and O–H groups in total. The quantitative estimate of drug-likeness (QED) is 0.627. The van der Waals surface area contributed by atoms with Gasteiger partial charge in [-0.3, -0.25) is 10.1 Å². The van der Waals surface area contributed by atoms with E-state index in [1.54, 1.807) is 26.4 Å². The second-order valence-corrected chi connectivity index (χ2v) is 4.34. The summed E-state index contributed by atoms with van der Waals surface area (Å²) in [6.07, 6.45) is 1.70. The van der Waals surface area contributed by atoms with Crippen molar-refractivity contribution in [3.05, 3.63) is 52.2 Å². The molecule has 0 amide bonds. The zero-order valence-electron chi connectivity index (χ0n) is 11.8. The zero-order chi connectivity index (χ0) is 15.2. The Balaban J connectivity index is 2.11. The maximum atomic E-state index is 10.9. The average Bonchev–Trinajstić information content (AvgIpc) is 2.53. The molecule has 7 heteroatoms. The van der Waals surface area contributed by atoms with Crippen LogP contribution in [0.1, 0.15) is 5.56 Å². The number of benzene rings is 1. The Kier molecular flexibility index (Phi) is 4.55. The number of anilines is 2. The van der Waals surface area contributed by atoms with E-state index < -0.39 is 4.92 Å². The number of ether oxygens (including phenoxy) is 1. The SMILES string of the molecule is CNc1cc(NCc2ccc(OC)nc2)cc([N+](=O)[O-])c1. The van der Waals surface area contributed by atoms with Gasteiger partial charge in [0.2, 0.25) is 5.88 Å². The predicted molar refractivity (Wildman–Crippen MR) is 80.8 cm³/mol. The number of pyridine rings is 1. The molecule has 0 aliphatic rings. The lowest BCUT2D eigenvalue weighted by molar-refractivity contribution is -0.384. The largest absolute Gasteiger partial charge is 0.481 e. The van der Waals surface area contributed by atoms with Gasteiger partial charge in [-0.05, 0) is 11.6 Å². The Hall–Kier alpha value is -2.83. The third kappa shape index (κ3) is 3.82. The number of nitro groups is 1. The summed E-state index contributed by atoms with van der Waals surface area (Å²) in [6.45, 7) is 0.515. The Bertz CT molecular complexity index is 629. The summed E-state index contributed by atoms with van der Waals surface area (Å²) in [5.41, 5.74) is 2.34. The van der Waals surface area contributed by atoms with Crippen LogP contribution in [0.2, 0.25) is 0 Å². The van der Waals surface area contributed by atoms with E-state index in [0.717, 1.165) is 5.56 Å². The van der Waals surface area contributed by atoms with Gasteiger partial charge in [-0.1, -0.05) is 6.07 Å². The fourth-order valence-corrected chi connectivity index (χ4v) is 1.80. The number of nitrogens with zero attached hydrogens (tertiary/aromatic N) is 2. The van der Waals surface area contributed by atoms with E-state index in [-0.39, 0.29) is 5.69 Å². The summed E-state index contributed by atoms with van der Waals surface area (Å²) < 4.78 is 4.99. The smallest absolute Gasteiger partial charge is 0.273 e. The molecule has 0 saturated heterocycles. The highest BCUT2D eigenvalue weighted by Crippen LogP contribution is 2.24. The van der Waals surface area contributed by atoms with E-state index >= 15 is 0 Å². The van der Waals surface area contributed by atoms with Gasteiger partial charge in [-0.25, -0.2) is 4.98 Å². The van der Waals surface area contributed by atoms with Crippen molar-refractivity contribution in [3.8, 4) is 5.88 Å². The molecule has 0 fully saturated rings. The molecule has 1 heterocycles. The van der Waals surface area contributed by atoms with E-state index in [9.17, 15) is 10.1 Å². The van der Waals surface area contributed by atoms with Crippen LogP contribution in [0.4, 0.5) is 17.1 Å². The normalized spacial score (nSPS) is 10.0. The van der Waals surface area contributed by atoms with E-state index in [2.05, 4.69) is 15.6 Å². The lowest BCUT2D eigenvalue weighted by Gasteiger charge is -2.09. The minimum absolute atomic E-state index is 0.0391. The summed E-state index contributed by atoms with van der Waals surface area (Å²) in [6, 6.07) is 8.44. The number of hydrogen-bond donors (Lipinski definition) is 2. The monoisotopic (exact) mass is 288 g/mol. The third-order valence-electron chi connectivity index (χ3n) is 2.92. The van der Waals surface area contributed by atoms with Gasteiger partial charge in [-0.15, -0.1) is 0 Å². The Morgan fingerprint density at radius 2 is 2.05 bits per heavy atom. The maximum Gasteiger partial charge on any atom is 0.273 e. The number of aromatic nitrogens is 1. The lowest BCUT2D eigenvalue weighted by atomic mass is 10.2.